The van der Waals surface area contributed by atoms with Gasteiger partial charge in [0.25, 0.3) is 0 Å². The van der Waals surface area contributed by atoms with Crippen LogP contribution in [-0.4, -0.2) is 21.0 Å². The van der Waals surface area contributed by atoms with Gasteiger partial charge in [-0.05, 0) is 25.7 Å². The Kier molecular flexibility index (Phi) is 4.99. The summed E-state index contributed by atoms with van der Waals surface area (Å²) < 4.78 is 2.09. The fraction of sp³-hybridized carbons (Fsp3) is 0.800. The monoisotopic (exact) mass is 265 g/mol. The topological polar surface area (TPSA) is 64.1 Å². The molecule has 1 fully saturated rings. The molecule has 0 spiro atoms. The molecular weight excluding hydrogens is 238 g/mol. The highest BCUT2D eigenvalue weighted by atomic mass is 16.3. The van der Waals surface area contributed by atoms with Crippen LogP contribution in [0.4, 0.5) is 0 Å². The Hall–Kier alpha value is -0.870. The average Bonchev–Trinajstić information content (AvgIpc) is 2.65. The second-order valence-electron chi connectivity index (χ2n) is 5.50. The Morgan fingerprint density at radius 3 is 2.58 bits per heavy atom. The highest BCUT2D eigenvalue weighted by Gasteiger charge is 2.27. The lowest BCUT2D eigenvalue weighted by Gasteiger charge is -2.23. The van der Waals surface area contributed by atoms with Crippen LogP contribution < -0.4 is 5.73 Å². The third-order valence-electron chi connectivity index (χ3n) is 4.33. The zero-order valence-electron chi connectivity index (χ0n) is 12.2. The minimum atomic E-state index is -0.261. The number of hydrogen-bond donors (Lipinski definition) is 2. The van der Waals surface area contributed by atoms with E-state index in [9.17, 15) is 5.11 Å². The quantitative estimate of drug-likeness (QED) is 0.821. The molecule has 0 aromatic carbocycles. The molecule has 0 bridgehead atoms. The number of nitrogens with two attached hydrogens (primary N) is 1. The van der Waals surface area contributed by atoms with Crippen LogP contribution in [0.2, 0.25) is 0 Å². The zero-order valence-corrected chi connectivity index (χ0v) is 12.2. The first-order valence-corrected chi connectivity index (χ1v) is 7.70. The third kappa shape index (κ3) is 2.84. The van der Waals surface area contributed by atoms with Crippen LogP contribution in [0.3, 0.4) is 0 Å². The normalized spacial score (nSPS) is 24.4. The van der Waals surface area contributed by atoms with Crippen LogP contribution in [0.1, 0.15) is 68.9 Å². The summed E-state index contributed by atoms with van der Waals surface area (Å²) in [6.07, 6.45) is 7.05. The molecule has 108 valence electrons. The van der Waals surface area contributed by atoms with E-state index in [1.807, 2.05) is 0 Å². The Balaban J connectivity index is 2.39. The summed E-state index contributed by atoms with van der Waals surface area (Å²) in [7, 11) is 0. The first kappa shape index (κ1) is 14.5. The van der Waals surface area contributed by atoms with Crippen molar-refractivity contribution < 1.29 is 5.11 Å². The van der Waals surface area contributed by atoms with Crippen LogP contribution in [0.15, 0.2) is 0 Å². The molecule has 0 aliphatic heterocycles. The van der Waals surface area contributed by atoms with Gasteiger partial charge in [0.1, 0.15) is 0 Å². The Labute approximate surface area is 116 Å². The van der Waals surface area contributed by atoms with Gasteiger partial charge in [-0.25, -0.2) is 0 Å². The van der Waals surface area contributed by atoms with Gasteiger partial charge < -0.3 is 10.8 Å². The highest BCUT2D eigenvalue weighted by molar-refractivity contribution is 5.27. The fourth-order valence-corrected chi connectivity index (χ4v) is 3.28. The fourth-order valence-electron chi connectivity index (χ4n) is 3.28. The van der Waals surface area contributed by atoms with Crippen LogP contribution in [0.25, 0.3) is 0 Å². The smallest absolute Gasteiger partial charge is 0.0781 e. The lowest BCUT2D eigenvalue weighted by atomic mass is 10.0. The average molecular weight is 265 g/mol. The number of hydrogen-bond acceptors (Lipinski definition) is 3. The predicted molar refractivity (Wildman–Crippen MR) is 77.0 cm³/mol. The Morgan fingerprint density at radius 2 is 1.95 bits per heavy atom. The predicted octanol–water partition coefficient (Wildman–Crippen LogP) is 2.33. The van der Waals surface area contributed by atoms with Gasteiger partial charge in [-0.2, -0.15) is 5.10 Å². The molecule has 1 aliphatic rings. The van der Waals surface area contributed by atoms with E-state index in [1.165, 1.54) is 24.1 Å². The van der Waals surface area contributed by atoms with E-state index in [1.54, 1.807) is 0 Å². The van der Waals surface area contributed by atoms with Crippen molar-refractivity contribution >= 4 is 0 Å². The molecule has 0 amide bonds. The summed E-state index contributed by atoms with van der Waals surface area (Å²) >= 11 is 0. The first-order chi connectivity index (χ1) is 9.22. The summed E-state index contributed by atoms with van der Waals surface area (Å²) in [6, 6.07) is 0.142. The lowest BCUT2D eigenvalue weighted by Crippen LogP contribution is -2.25. The minimum absolute atomic E-state index is 0.142. The number of aromatic nitrogens is 2. The van der Waals surface area contributed by atoms with Gasteiger partial charge >= 0.3 is 0 Å². The van der Waals surface area contributed by atoms with Gasteiger partial charge in [-0.1, -0.05) is 33.1 Å². The van der Waals surface area contributed by atoms with Crippen LogP contribution in [0.5, 0.6) is 0 Å². The molecule has 2 atom stereocenters. The van der Waals surface area contributed by atoms with Crippen LogP contribution in [-0.2, 0) is 19.4 Å². The molecule has 1 aliphatic carbocycles. The van der Waals surface area contributed by atoms with Gasteiger partial charge in [0, 0.05) is 17.8 Å². The van der Waals surface area contributed by atoms with Crippen molar-refractivity contribution in [1.82, 2.24) is 9.78 Å². The maximum absolute atomic E-state index is 10.4. The molecule has 1 saturated carbocycles. The minimum Gasteiger partial charge on any atom is -0.391 e. The molecule has 0 radical (unpaired) electrons. The molecule has 0 saturated heterocycles. The van der Waals surface area contributed by atoms with Gasteiger partial charge in [0.15, 0.2) is 0 Å². The van der Waals surface area contributed by atoms with Gasteiger partial charge in [-0.15, -0.1) is 0 Å². The molecule has 3 N–H and O–H groups in total. The van der Waals surface area contributed by atoms with Crippen molar-refractivity contribution in [2.75, 3.05) is 0 Å². The van der Waals surface area contributed by atoms with E-state index in [0.29, 0.717) is 6.54 Å². The molecule has 1 aromatic heterocycles. The lowest BCUT2D eigenvalue weighted by molar-refractivity contribution is 0.0973. The van der Waals surface area contributed by atoms with Crippen molar-refractivity contribution in [2.24, 2.45) is 5.73 Å². The molecule has 1 aromatic rings. The maximum Gasteiger partial charge on any atom is 0.0781 e. The highest BCUT2D eigenvalue weighted by Crippen LogP contribution is 2.30. The molecule has 2 unspecified atom stereocenters. The second-order valence-corrected chi connectivity index (χ2v) is 5.50. The summed E-state index contributed by atoms with van der Waals surface area (Å²) in [6.45, 7) is 4.82. The van der Waals surface area contributed by atoms with E-state index in [2.05, 4.69) is 18.5 Å². The van der Waals surface area contributed by atoms with Gasteiger partial charge in [0.2, 0.25) is 0 Å². The molecule has 2 rings (SSSR count). The zero-order chi connectivity index (χ0) is 13.8. The van der Waals surface area contributed by atoms with Crippen molar-refractivity contribution in [2.45, 2.75) is 77.5 Å². The van der Waals surface area contributed by atoms with Gasteiger partial charge in [-0.3, -0.25) is 4.68 Å². The molecule has 1 heterocycles. The summed E-state index contributed by atoms with van der Waals surface area (Å²) in [4.78, 5) is 0. The first-order valence-electron chi connectivity index (χ1n) is 7.70. The second kappa shape index (κ2) is 6.53. The summed E-state index contributed by atoms with van der Waals surface area (Å²) in [5.74, 6) is 0. The van der Waals surface area contributed by atoms with E-state index < -0.39 is 0 Å². The molecule has 4 nitrogen and oxygen atoms in total. The number of aliphatic hydroxyl groups excluding tert-OH is 1. The molecule has 19 heavy (non-hydrogen) atoms. The van der Waals surface area contributed by atoms with Gasteiger partial charge in [0.05, 0.1) is 17.8 Å². The van der Waals surface area contributed by atoms with E-state index >= 15 is 0 Å². The van der Waals surface area contributed by atoms with Crippen molar-refractivity contribution in [3.05, 3.63) is 17.0 Å². The van der Waals surface area contributed by atoms with E-state index in [4.69, 9.17) is 10.8 Å². The summed E-state index contributed by atoms with van der Waals surface area (Å²) in [5, 5.41) is 15.1. The standard InChI is InChI=1S/C15H27N3O/c1-3-12-11(10-16)13(4-2)18(17-12)14-8-6-5-7-9-15(14)19/h14-15,19H,3-10,16H2,1-2H3. The largest absolute Gasteiger partial charge is 0.391 e. The Morgan fingerprint density at radius 1 is 1.21 bits per heavy atom. The van der Waals surface area contributed by atoms with Crippen molar-refractivity contribution in [1.29, 1.82) is 0 Å². The summed E-state index contributed by atoms with van der Waals surface area (Å²) in [5.41, 5.74) is 9.43. The molecular formula is C15H27N3O. The van der Waals surface area contributed by atoms with Crippen molar-refractivity contribution in [3.63, 3.8) is 0 Å². The number of aliphatic hydroxyl groups is 1. The third-order valence-corrected chi connectivity index (χ3v) is 4.33. The number of aryl methyl sites for hydroxylation is 1. The number of rotatable bonds is 4. The maximum atomic E-state index is 10.4. The number of nitrogens with zero attached hydrogens (tertiary/aromatic N) is 2. The van der Waals surface area contributed by atoms with E-state index in [-0.39, 0.29) is 12.1 Å². The Bertz CT molecular complexity index is 414. The SMILES string of the molecule is CCc1nn(C2CCCCCC2O)c(CC)c1CN. The van der Waals surface area contributed by atoms with Crippen LogP contribution in [0, 0.1) is 0 Å². The van der Waals surface area contributed by atoms with E-state index in [0.717, 1.165) is 37.8 Å². The van der Waals surface area contributed by atoms with Crippen molar-refractivity contribution in [3.8, 4) is 0 Å². The van der Waals surface area contributed by atoms with Crippen LogP contribution >= 0.6 is 0 Å². The molecule has 4 heteroatoms.